The zero-order chi connectivity index (χ0) is 18.4. The van der Waals surface area contributed by atoms with Crippen molar-refractivity contribution in [2.24, 2.45) is 5.92 Å². The Bertz CT molecular complexity index is 757. The number of amides is 1. The van der Waals surface area contributed by atoms with Crippen molar-refractivity contribution in [2.45, 2.75) is 13.8 Å². The predicted octanol–water partition coefficient (Wildman–Crippen LogP) is 2.97. The number of nitrogens with zero attached hydrogens (tertiary/aromatic N) is 1. The first-order valence-electron chi connectivity index (χ1n) is 7.59. The minimum absolute atomic E-state index is 0.274. The average Bonchev–Trinajstić information content (AvgIpc) is 3.07. The summed E-state index contributed by atoms with van der Waals surface area (Å²) in [4.78, 5) is 27.5. The molecule has 0 saturated carbocycles. The minimum Gasteiger partial charge on any atom is -0.493 e. The summed E-state index contributed by atoms with van der Waals surface area (Å²) in [6.45, 7) is 3.08. The number of aromatic nitrogens is 1. The van der Waals surface area contributed by atoms with Gasteiger partial charge in [-0.3, -0.25) is 14.9 Å². The minimum atomic E-state index is -0.429. The van der Waals surface area contributed by atoms with Crippen LogP contribution in [0.25, 0.3) is 11.3 Å². The molecule has 0 aliphatic carbocycles. The molecule has 1 heterocycles. The number of carbonyl (C=O) groups is 2. The summed E-state index contributed by atoms with van der Waals surface area (Å²) < 4.78 is 15.4. The van der Waals surface area contributed by atoms with E-state index >= 15 is 0 Å². The van der Waals surface area contributed by atoms with E-state index < -0.39 is 11.9 Å². The molecule has 0 aliphatic rings. The normalized spacial score (nSPS) is 10.4. The molecule has 0 fully saturated rings. The SMILES string of the molecule is COc1ccc(-c2csc(NC(=O)COC(=O)C(C)C)n2)cc1OC. The molecule has 0 bridgehead atoms. The number of rotatable bonds is 7. The Labute approximate surface area is 149 Å². The first kappa shape index (κ1) is 18.7. The van der Waals surface area contributed by atoms with E-state index in [-0.39, 0.29) is 12.5 Å². The van der Waals surface area contributed by atoms with Crippen LogP contribution in [-0.4, -0.2) is 37.7 Å². The summed E-state index contributed by atoms with van der Waals surface area (Å²) in [6.07, 6.45) is 0. The molecule has 2 aromatic rings. The molecular weight excluding hydrogens is 344 g/mol. The van der Waals surface area contributed by atoms with Crippen LogP contribution in [0.2, 0.25) is 0 Å². The average molecular weight is 364 g/mol. The van der Waals surface area contributed by atoms with Crippen molar-refractivity contribution < 1.29 is 23.8 Å². The van der Waals surface area contributed by atoms with Crippen LogP contribution < -0.4 is 14.8 Å². The van der Waals surface area contributed by atoms with Gasteiger partial charge in [0.05, 0.1) is 25.8 Å². The van der Waals surface area contributed by atoms with E-state index in [1.807, 2.05) is 17.5 Å². The fraction of sp³-hybridized carbons (Fsp3) is 0.353. The molecule has 0 unspecified atom stereocenters. The topological polar surface area (TPSA) is 86.8 Å². The molecule has 25 heavy (non-hydrogen) atoms. The van der Waals surface area contributed by atoms with Crippen molar-refractivity contribution in [1.82, 2.24) is 4.98 Å². The number of anilines is 1. The lowest BCUT2D eigenvalue weighted by Gasteiger charge is -2.08. The highest BCUT2D eigenvalue weighted by Crippen LogP contribution is 2.33. The molecule has 2 rings (SSSR count). The van der Waals surface area contributed by atoms with Crippen molar-refractivity contribution in [3.8, 4) is 22.8 Å². The van der Waals surface area contributed by atoms with Crippen molar-refractivity contribution >= 4 is 28.3 Å². The van der Waals surface area contributed by atoms with Crippen LogP contribution in [0.15, 0.2) is 23.6 Å². The summed E-state index contributed by atoms with van der Waals surface area (Å²) in [6, 6.07) is 5.45. The van der Waals surface area contributed by atoms with E-state index in [2.05, 4.69) is 10.3 Å². The largest absolute Gasteiger partial charge is 0.493 e. The Hall–Kier alpha value is -2.61. The number of esters is 1. The van der Waals surface area contributed by atoms with Crippen LogP contribution in [0.1, 0.15) is 13.8 Å². The maximum atomic E-state index is 11.8. The first-order valence-corrected chi connectivity index (χ1v) is 8.47. The monoisotopic (exact) mass is 364 g/mol. The van der Waals surface area contributed by atoms with Gasteiger partial charge in [0.25, 0.3) is 5.91 Å². The lowest BCUT2D eigenvalue weighted by molar-refractivity contribution is -0.150. The molecule has 8 heteroatoms. The molecular formula is C17H20N2O5S. The third kappa shape index (κ3) is 4.93. The third-order valence-electron chi connectivity index (χ3n) is 3.25. The molecule has 0 saturated heterocycles. The fourth-order valence-electron chi connectivity index (χ4n) is 1.92. The van der Waals surface area contributed by atoms with Crippen molar-refractivity contribution in [1.29, 1.82) is 0 Å². The predicted molar refractivity (Wildman–Crippen MR) is 95.1 cm³/mol. The van der Waals surface area contributed by atoms with Crippen LogP contribution in [0, 0.1) is 5.92 Å². The van der Waals surface area contributed by atoms with Crippen LogP contribution in [-0.2, 0) is 14.3 Å². The van der Waals surface area contributed by atoms with Gasteiger partial charge in [0.2, 0.25) is 0 Å². The number of benzene rings is 1. The highest BCUT2D eigenvalue weighted by atomic mass is 32.1. The fourth-order valence-corrected chi connectivity index (χ4v) is 2.65. The molecule has 1 N–H and O–H groups in total. The van der Waals surface area contributed by atoms with E-state index in [4.69, 9.17) is 14.2 Å². The highest BCUT2D eigenvalue weighted by molar-refractivity contribution is 7.14. The lowest BCUT2D eigenvalue weighted by Crippen LogP contribution is -2.22. The number of hydrogen-bond acceptors (Lipinski definition) is 7. The summed E-state index contributed by atoms with van der Waals surface area (Å²) in [7, 11) is 3.13. The molecule has 1 aromatic heterocycles. The van der Waals surface area contributed by atoms with Crippen molar-refractivity contribution in [3.05, 3.63) is 23.6 Å². The number of nitrogens with one attached hydrogen (secondary N) is 1. The van der Waals surface area contributed by atoms with E-state index in [1.54, 1.807) is 34.1 Å². The molecule has 7 nitrogen and oxygen atoms in total. The number of carbonyl (C=O) groups excluding carboxylic acids is 2. The second kappa shape index (κ2) is 8.48. The van der Waals surface area contributed by atoms with Crippen LogP contribution >= 0.6 is 11.3 Å². The van der Waals surface area contributed by atoms with Gasteiger partial charge in [0.1, 0.15) is 0 Å². The van der Waals surface area contributed by atoms with Crippen molar-refractivity contribution in [2.75, 3.05) is 26.1 Å². The number of thiazole rings is 1. The second-order valence-electron chi connectivity index (χ2n) is 5.42. The van der Waals surface area contributed by atoms with Crippen LogP contribution in [0.5, 0.6) is 11.5 Å². The van der Waals surface area contributed by atoms with Gasteiger partial charge in [-0.2, -0.15) is 0 Å². The number of ether oxygens (including phenoxy) is 3. The zero-order valence-corrected chi connectivity index (χ0v) is 15.3. The second-order valence-corrected chi connectivity index (χ2v) is 6.28. The van der Waals surface area contributed by atoms with Crippen LogP contribution in [0.4, 0.5) is 5.13 Å². The smallest absolute Gasteiger partial charge is 0.308 e. The first-order chi connectivity index (χ1) is 11.9. The molecule has 1 aromatic carbocycles. The Morgan fingerprint density at radius 3 is 2.56 bits per heavy atom. The number of hydrogen-bond donors (Lipinski definition) is 1. The Kier molecular flexibility index (Phi) is 6.35. The summed E-state index contributed by atoms with van der Waals surface area (Å²) >= 11 is 1.28. The van der Waals surface area contributed by atoms with E-state index in [9.17, 15) is 9.59 Å². The summed E-state index contributed by atoms with van der Waals surface area (Å²) in [5.41, 5.74) is 1.53. The maximum Gasteiger partial charge on any atom is 0.308 e. The standard InChI is InChI=1S/C17H20N2O5S/c1-10(2)16(21)24-8-15(20)19-17-18-12(9-25-17)11-5-6-13(22-3)14(7-11)23-4/h5-7,9-10H,8H2,1-4H3,(H,18,19,20). The Balaban J connectivity index is 2.02. The van der Waals surface area contributed by atoms with E-state index in [0.29, 0.717) is 22.3 Å². The van der Waals surface area contributed by atoms with Gasteiger partial charge in [-0.05, 0) is 18.2 Å². The third-order valence-corrected chi connectivity index (χ3v) is 4.00. The summed E-state index contributed by atoms with van der Waals surface area (Å²) in [5.74, 6) is 0.105. The molecule has 134 valence electrons. The zero-order valence-electron chi connectivity index (χ0n) is 14.5. The maximum absolute atomic E-state index is 11.8. The Morgan fingerprint density at radius 2 is 1.92 bits per heavy atom. The van der Waals surface area contributed by atoms with Gasteiger partial charge in [0, 0.05) is 10.9 Å². The quantitative estimate of drug-likeness (QED) is 0.760. The summed E-state index contributed by atoms with van der Waals surface area (Å²) in [5, 5.41) is 4.86. The Morgan fingerprint density at radius 1 is 1.20 bits per heavy atom. The molecule has 1 amide bonds. The molecule has 0 atom stereocenters. The molecule has 0 radical (unpaired) electrons. The van der Waals surface area contributed by atoms with Gasteiger partial charge in [-0.15, -0.1) is 11.3 Å². The van der Waals surface area contributed by atoms with Gasteiger partial charge in [-0.1, -0.05) is 13.8 Å². The lowest BCUT2D eigenvalue weighted by atomic mass is 10.1. The van der Waals surface area contributed by atoms with Crippen molar-refractivity contribution in [3.63, 3.8) is 0 Å². The van der Waals surface area contributed by atoms with E-state index in [1.165, 1.54) is 11.3 Å². The van der Waals surface area contributed by atoms with Gasteiger partial charge < -0.3 is 14.2 Å². The van der Waals surface area contributed by atoms with Gasteiger partial charge in [0.15, 0.2) is 23.2 Å². The highest BCUT2D eigenvalue weighted by Gasteiger charge is 2.13. The van der Waals surface area contributed by atoms with Gasteiger partial charge in [-0.25, -0.2) is 4.98 Å². The molecule has 0 spiro atoms. The number of methoxy groups -OCH3 is 2. The van der Waals surface area contributed by atoms with Crippen LogP contribution in [0.3, 0.4) is 0 Å². The van der Waals surface area contributed by atoms with E-state index in [0.717, 1.165) is 5.56 Å². The molecule has 0 aliphatic heterocycles. The van der Waals surface area contributed by atoms with Gasteiger partial charge >= 0.3 is 5.97 Å².